The molecular weight excluding hydrogens is 330 g/mol. The summed E-state index contributed by atoms with van der Waals surface area (Å²) in [5.74, 6) is 2.31. The van der Waals surface area contributed by atoms with Gasteiger partial charge in [-0.1, -0.05) is 26.0 Å². The van der Waals surface area contributed by atoms with Gasteiger partial charge in [0, 0.05) is 13.3 Å². The smallest absolute Gasteiger partial charge is 0.238 e. The summed E-state index contributed by atoms with van der Waals surface area (Å²) in [7, 11) is 1.66. The second-order valence-corrected chi connectivity index (χ2v) is 6.96. The van der Waals surface area contributed by atoms with Gasteiger partial charge in [-0.25, -0.2) is 0 Å². The maximum atomic E-state index is 12.3. The highest BCUT2D eigenvalue weighted by atomic mass is 16.5. The third-order valence-electron chi connectivity index (χ3n) is 4.16. The molecule has 2 rings (SSSR count). The molecule has 0 spiro atoms. The van der Waals surface area contributed by atoms with Gasteiger partial charge in [-0.15, -0.1) is 10.2 Å². The monoisotopic (exact) mass is 359 g/mol. The summed E-state index contributed by atoms with van der Waals surface area (Å²) in [6.45, 7) is 5.97. The van der Waals surface area contributed by atoms with E-state index < -0.39 is 0 Å². The summed E-state index contributed by atoms with van der Waals surface area (Å²) in [6.07, 6.45) is 4.04. The molecule has 0 bridgehead atoms. The Labute approximate surface area is 155 Å². The number of hydrogen-bond donors (Lipinski definition) is 1. The number of methoxy groups -OCH3 is 1. The zero-order valence-electron chi connectivity index (χ0n) is 16.1. The number of carbonyl (C=O) groups excluding carboxylic acids is 1. The number of aryl methyl sites for hydroxylation is 2. The number of aromatic nitrogens is 2. The fraction of sp³-hybridized carbons (Fsp3) is 0.550. The zero-order valence-corrected chi connectivity index (χ0v) is 16.1. The van der Waals surface area contributed by atoms with E-state index in [0.717, 1.165) is 31.4 Å². The van der Waals surface area contributed by atoms with Gasteiger partial charge in [0.2, 0.25) is 17.7 Å². The normalized spacial score (nSPS) is 12.2. The van der Waals surface area contributed by atoms with Gasteiger partial charge < -0.3 is 14.5 Å². The van der Waals surface area contributed by atoms with Crippen molar-refractivity contribution in [2.75, 3.05) is 7.11 Å². The van der Waals surface area contributed by atoms with Crippen LogP contribution in [0.5, 0.6) is 5.75 Å². The molecule has 0 saturated heterocycles. The molecule has 1 atom stereocenters. The summed E-state index contributed by atoms with van der Waals surface area (Å²) in [5.41, 5.74) is 1.25. The number of amides is 1. The molecule has 2 aromatic rings. The third kappa shape index (κ3) is 6.50. The van der Waals surface area contributed by atoms with Crippen LogP contribution in [0.3, 0.4) is 0 Å². The Hall–Kier alpha value is -2.37. The van der Waals surface area contributed by atoms with Crippen LogP contribution in [-0.4, -0.2) is 23.2 Å². The first-order valence-corrected chi connectivity index (χ1v) is 9.20. The summed E-state index contributed by atoms with van der Waals surface area (Å²) in [5, 5.41) is 11.0. The first kappa shape index (κ1) is 19.9. The minimum atomic E-state index is -0.217. The van der Waals surface area contributed by atoms with E-state index in [4.69, 9.17) is 9.15 Å². The molecule has 6 heteroatoms. The van der Waals surface area contributed by atoms with Crippen molar-refractivity contribution in [2.45, 2.75) is 58.9 Å². The lowest BCUT2D eigenvalue weighted by atomic mass is 10.0. The van der Waals surface area contributed by atoms with Crippen molar-refractivity contribution >= 4 is 5.91 Å². The fourth-order valence-corrected chi connectivity index (χ4v) is 2.82. The van der Waals surface area contributed by atoms with Gasteiger partial charge in [0.1, 0.15) is 11.8 Å². The Bertz CT molecular complexity index is 680. The van der Waals surface area contributed by atoms with E-state index in [0.29, 0.717) is 24.1 Å². The van der Waals surface area contributed by atoms with Gasteiger partial charge in [-0.3, -0.25) is 4.79 Å². The standard InChI is InChI=1S/C20H29N3O3/c1-14(2)13-18(20-23-22-15(3)26-20)21-19(24)8-6-5-7-16-9-11-17(25-4)12-10-16/h9-12,14,18H,5-8,13H2,1-4H3,(H,21,24). The van der Waals surface area contributed by atoms with Crippen LogP contribution in [0.15, 0.2) is 28.7 Å². The minimum Gasteiger partial charge on any atom is -0.497 e. The van der Waals surface area contributed by atoms with Crippen LogP contribution in [0.4, 0.5) is 0 Å². The SMILES string of the molecule is COc1ccc(CCCCC(=O)NC(CC(C)C)c2nnc(C)o2)cc1. The quantitative estimate of drug-likeness (QED) is 0.649. The first-order chi connectivity index (χ1) is 12.5. The van der Waals surface area contributed by atoms with Crippen LogP contribution in [0.1, 0.15) is 62.9 Å². The van der Waals surface area contributed by atoms with Crippen molar-refractivity contribution in [1.82, 2.24) is 15.5 Å². The molecule has 6 nitrogen and oxygen atoms in total. The Morgan fingerprint density at radius 3 is 2.50 bits per heavy atom. The molecular formula is C20H29N3O3. The molecule has 1 aromatic carbocycles. The summed E-state index contributed by atoms with van der Waals surface area (Å²) in [4.78, 5) is 12.3. The molecule has 142 valence electrons. The number of benzene rings is 1. The average molecular weight is 359 g/mol. The van der Waals surface area contributed by atoms with Gasteiger partial charge in [0.25, 0.3) is 0 Å². The predicted molar refractivity (Wildman–Crippen MR) is 99.9 cm³/mol. The minimum absolute atomic E-state index is 0.0289. The molecule has 0 aliphatic carbocycles. The lowest BCUT2D eigenvalue weighted by Gasteiger charge is -2.17. The molecule has 26 heavy (non-hydrogen) atoms. The van der Waals surface area contributed by atoms with Crippen LogP contribution < -0.4 is 10.1 Å². The van der Waals surface area contributed by atoms with E-state index >= 15 is 0 Å². The number of unbranched alkanes of at least 4 members (excludes halogenated alkanes) is 1. The van der Waals surface area contributed by atoms with E-state index in [-0.39, 0.29) is 11.9 Å². The molecule has 0 saturated carbocycles. The van der Waals surface area contributed by atoms with E-state index in [2.05, 4.69) is 41.5 Å². The third-order valence-corrected chi connectivity index (χ3v) is 4.16. The van der Waals surface area contributed by atoms with Crippen molar-refractivity contribution in [3.8, 4) is 5.75 Å². The lowest BCUT2D eigenvalue weighted by Crippen LogP contribution is -2.29. The molecule has 1 unspecified atom stereocenters. The lowest BCUT2D eigenvalue weighted by molar-refractivity contribution is -0.122. The van der Waals surface area contributed by atoms with Gasteiger partial charge in [0.15, 0.2) is 0 Å². The number of hydrogen-bond acceptors (Lipinski definition) is 5. The molecule has 0 radical (unpaired) electrons. The first-order valence-electron chi connectivity index (χ1n) is 9.20. The Morgan fingerprint density at radius 1 is 1.19 bits per heavy atom. The number of nitrogens with zero attached hydrogens (tertiary/aromatic N) is 2. The van der Waals surface area contributed by atoms with Crippen molar-refractivity contribution in [1.29, 1.82) is 0 Å². The average Bonchev–Trinajstić information content (AvgIpc) is 3.05. The fourth-order valence-electron chi connectivity index (χ4n) is 2.82. The predicted octanol–water partition coefficient (Wildman–Crippen LogP) is 4.00. The second-order valence-electron chi connectivity index (χ2n) is 6.96. The topological polar surface area (TPSA) is 77.2 Å². The van der Waals surface area contributed by atoms with Gasteiger partial charge in [0.05, 0.1) is 7.11 Å². The van der Waals surface area contributed by atoms with Crippen LogP contribution in [-0.2, 0) is 11.2 Å². The Balaban J connectivity index is 1.76. The zero-order chi connectivity index (χ0) is 18.9. The van der Waals surface area contributed by atoms with Gasteiger partial charge >= 0.3 is 0 Å². The number of nitrogens with one attached hydrogen (secondary N) is 1. The molecule has 0 fully saturated rings. The van der Waals surface area contributed by atoms with Crippen molar-refractivity contribution in [2.24, 2.45) is 5.92 Å². The molecule has 0 aliphatic rings. The van der Waals surface area contributed by atoms with E-state index in [9.17, 15) is 4.79 Å². The van der Waals surface area contributed by atoms with Crippen molar-refractivity contribution < 1.29 is 13.9 Å². The largest absolute Gasteiger partial charge is 0.497 e. The molecule has 0 aliphatic heterocycles. The molecule has 1 heterocycles. The van der Waals surface area contributed by atoms with Gasteiger partial charge in [-0.05, 0) is 49.3 Å². The van der Waals surface area contributed by atoms with E-state index in [1.807, 2.05) is 12.1 Å². The summed E-state index contributed by atoms with van der Waals surface area (Å²) in [6, 6.07) is 7.84. The van der Waals surface area contributed by atoms with Crippen molar-refractivity contribution in [3.63, 3.8) is 0 Å². The van der Waals surface area contributed by atoms with Crippen LogP contribution in [0.2, 0.25) is 0 Å². The second kappa shape index (κ2) is 9.94. The molecule has 1 N–H and O–H groups in total. The highest BCUT2D eigenvalue weighted by Crippen LogP contribution is 2.20. The number of carbonyl (C=O) groups is 1. The number of ether oxygens (including phenoxy) is 1. The van der Waals surface area contributed by atoms with Gasteiger partial charge in [-0.2, -0.15) is 0 Å². The maximum absolute atomic E-state index is 12.3. The van der Waals surface area contributed by atoms with Crippen molar-refractivity contribution in [3.05, 3.63) is 41.6 Å². The summed E-state index contributed by atoms with van der Waals surface area (Å²) < 4.78 is 10.7. The number of rotatable bonds is 10. The van der Waals surface area contributed by atoms with E-state index in [1.54, 1.807) is 14.0 Å². The molecule has 1 amide bonds. The molecule has 1 aromatic heterocycles. The van der Waals surface area contributed by atoms with Crippen LogP contribution in [0.25, 0.3) is 0 Å². The van der Waals surface area contributed by atoms with Crippen LogP contribution >= 0.6 is 0 Å². The highest BCUT2D eigenvalue weighted by molar-refractivity contribution is 5.76. The Kier molecular flexibility index (Phi) is 7.63. The summed E-state index contributed by atoms with van der Waals surface area (Å²) >= 11 is 0. The Morgan fingerprint density at radius 2 is 1.92 bits per heavy atom. The van der Waals surface area contributed by atoms with E-state index in [1.165, 1.54) is 5.56 Å². The highest BCUT2D eigenvalue weighted by Gasteiger charge is 2.21. The van der Waals surface area contributed by atoms with Crippen LogP contribution in [0, 0.1) is 12.8 Å². The maximum Gasteiger partial charge on any atom is 0.238 e.